The van der Waals surface area contributed by atoms with Crippen molar-refractivity contribution in [3.05, 3.63) is 75.4 Å². The fourth-order valence-corrected chi connectivity index (χ4v) is 6.73. The maximum Gasteiger partial charge on any atom is 0.119 e. The molecule has 0 radical (unpaired) electrons. The Kier molecular flexibility index (Phi) is 4.83. The first kappa shape index (κ1) is 20.2. The van der Waals surface area contributed by atoms with Crippen LogP contribution in [0.2, 0.25) is 0 Å². The van der Waals surface area contributed by atoms with Crippen LogP contribution in [0.25, 0.3) is 11.1 Å². The van der Waals surface area contributed by atoms with Gasteiger partial charge >= 0.3 is 0 Å². The van der Waals surface area contributed by atoms with E-state index < -0.39 is 0 Å². The van der Waals surface area contributed by atoms with Crippen LogP contribution >= 0.6 is 22.6 Å². The number of hydrogen-bond donors (Lipinski definition) is 0. The third kappa shape index (κ3) is 3.60. The van der Waals surface area contributed by atoms with Crippen molar-refractivity contribution < 1.29 is 4.74 Å². The first-order chi connectivity index (χ1) is 16.2. The summed E-state index contributed by atoms with van der Waals surface area (Å²) in [5.41, 5.74) is 8.15. The first-order valence-electron chi connectivity index (χ1n) is 12.1. The predicted molar refractivity (Wildman–Crippen MR) is 142 cm³/mol. The van der Waals surface area contributed by atoms with Crippen LogP contribution in [-0.2, 0) is 13.1 Å². The Morgan fingerprint density at radius 1 is 0.758 bits per heavy atom. The van der Waals surface area contributed by atoms with Crippen LogP contribution in [-0.4, -0.2) is 37.3 Å². The molecule has 0 N–H and O–H groups in total. The maximum atomic E-state index is 6.41. The lowest BCUT2D eigenvalue weighted by molar-refractivity contribution is -0.00775. The highest BCUT2D eigenvalue weighted by Gasteiger charge is 2.35. The molecule has 0 amide bonds. The van der Waals surface area contributed by atoms with Crippen LogP contribution in [0.5, 0.6) is 5.75 Å². The SMILES string of the molecule is Ic1ccc2c(c1)CN1CN2Cc2cc(-c3ccc(OC4CN5CCC4CC5)cc3)ccc21. The molecule has 3 aromatic rings. The number of fused-ring (bicyclic) bond motifs is 9. The maximum absolute atomic E-state index is 6.41. The Balaban J connectivity index is 1.11. The van der Waals surface area contributed by atoms with Gasteiger partial charge in [0.05, 0.1) is 6.67 Å². The Morgan fingerprint density at radius 3 is 2.12 bits per heavy atom. The van der Waals surface area contributed by atoms with E-state index in [1.807, 2.05) is 0 Å². The lowest BCUT2D eigenvalue weighted by atomic mass is 9.86. The van der Waals surface area contributed by atoms with Crippen molar-refractivity contribution in [1.29, 1.82) is 0 Å². The van der Waals surface area contributed by atoms with Gasteiger partial charge in [-0.1, -0.05) is 18.2 Å². The molecule has 3 saturated heterocycles. The van der Waals surface area contributed by atoms with Crippen molar-refractivity contribution in [2.24, 2.45) is 5.92 Å². The standard InChI is InChI=1S/C28H28IN3O/c29-24-4-8-27-23(14-24)16-32-18-31(27)15-22-13-21(3-7-26(22)32)19-1-5-25(6-2-19)33-28-17-30-11-9-20(28)10-12-30/h1-8,13-14,20,28H,9-12,15-18H2. The lowest BCUT2D eigenvalue weighted by Crippen LogP contribution is -2.52. The van der Waals surface area contributed by atoms with Crippen LogP contribution < -0.4 is 14.5 Å². The Hall–Kier alpha value is -2.25. The van der Waals surface area contributed by atoms with E-state index in [-0.39, 0.29) is 0 Å². The quantitative estimate of drug-likeness (QED) is 0.389. The number of halogens is 1. The summed E-state index contributed by atoms with van der Waals surface area (Å²) in [6, 6.07) is 22.6. The van der Waals surface area contributed by atoms with Crippen LogP contribution in [0.4, 0.5) is 11.4 Å². The molecule has 5 heterocycles. The van der Waals surface area contributed by atoms with Gasteiger partial charge in [-0.3, -0.25) is 4.90 Å². The van der Waals surface area contributed by atoms with Crippen molar-refractivity contribution in [2.75, 3.05) is 36.1 Å². The molecule has 5 aliphatic heterocycles. The van der Waals surface area contributed by atoms with Gasteiger partial charge in [-0.15, -0.1) is 0 Å². The predicted octanol–water partition coefficient (Wildman–Crippen LogP) is 5.73. The minimum atomic E-state index is 0.357. The number of rotatable bonds is 3. The average molecular weight is 549 g/mol. The van der Waals surface area contributed by atoms with Crippen molar-refractivity contribution in [3.8, 4) is 16.9 Å². The average Bonchev–Trinajstić information content (AvgIpc) is 2.85. The number of nitrogens with zero attached hydrogens (tertiary/aromatic N) is 3. The van der Waals surface area contributed by atoms with Gasteiger partial charge in [-0.2, -0.15) is 0 Å². The molecule has 1 unspecified atom stereocenters. The fourth-order valence-electron chi connectivity index (χ4n) is 6.17. The third-order valence-electron chi connectivity index (χ3n) is 7.94. The van der Waals surface area contributed by atoms with Gasteiger partial charge in [0.2, 0.25) is 0 Å². The van der Waals surface area contributed by atoms with E-state index in [0.717, 1.165) is 38.0 Å². The third-order valence-corrected chi connectivity index (χ3v) is 8.61. The number of anilines is 2. The van der Waals surface area contributed by atoms with E-state index in [4.69, 9.17) is 4.74 Å². The van der Waals surface area contributed by atoms with E-state index >= 15 is 0 Å². The molecule has 4 nitrogen and oxygen atoms in total. The molecule has 0 aliphatic carbocycles. The molecule has 8 rings (SSSR count). The summed E-state index contributed by atoms with van der Waals surface area (Å²) in [7, 11) is 0. The molecule has 5 heteroatoms. The Labute approximate surface area is 209 Å². The smallest absolute Gasteiger partial charge is 0.119 e. The van der Waals surface area contributed by atoms with Gasteiger partial charge in [-0.05, 0) is 119 Å². The highest BCUT2D eigenvalue weighted by molar-refractivity contribution is 14.1. The molecule has 5 aliphatic rings. The molecule has 3 fully saturated rings. The lowest BCUT2D eigenvalue weighted by Gasteiger charge is -2.45. The van der Waals surface area contributed by atoms with Gasteiger partial charge in [0.1, 0.15) is 11.9 Å². The van der Waals surface area contributed by atoms with Crippen molar-refractivity contribution in [2.45, 2.75) is 32.0 Å². The number of piperidine rings is 3. The van der Waals surface area contributed by atoms with Crippen LogP contribution in [0.1, 0.15) is 24.0 Å². The Morgan fingerprint density at radius 2 is 1.42 bits per heavy atom. The van der Waals surface area contributed by atoms with Gasteiger partial charge in [0.15, 0.2) is 0 Å². The zero-order valence-electron chi connectivity index (χ0n) is 18.7. The normalized spacial score (nSPS) is 24.9. The van der Waals surface area contributed by atoms with Gasteiger partial charge in [-0.25, -0.2) is 0 Å². The highest BCUT2D eigenvalue weighted by atomic mass is 127. The molecule has 0 spiro atoms. The topological polar surface area (TPSA) is 19.0 Å². The molecule has 1 atom stereocenters. The second-order valence-corrected chi connectivity index (χ2v) is 11.2. The van der Waals surface area contributed by atoms with Crippen LogP contribution in [0, 0.1) is 9.49 Å². The molecule has 0 aromatic heterocycles. The van der Waals surface area contributed by atoms with E-state index in [1.54, 1.807) is 0 Å². The summed E-state index contributed by atoms with van der Waals surface area (Å²) >= 11 is 2.42. The van der Waals surface area contributed by atoms with Gasteiger partial charge in [0, 0.05) is 34.6 Å². The molecule has 3 aromatic carbocycles. The fraction of sp³-hybridized carbons (Fsp3) is 0.357. The van der Waals surface area contributed by atoms with E-state index in [0.29, 0.717) is 6.10 Å². The Bertz CT molecular complexity index is 1200. The summed E-state index contributed by atoms with van der Waals surface area (Å²) in [5, 5.41) is 0. The van der Waals surface area contributed by atoms with Crippen LogP contribution in [0.3, 0.4) is 0 Å². The van der Waals surface area contributed by atoms with Crippen molar-refractivity contribution in [1.82, 2.24) is 4.90 Å². The summed E-state index contributed by atoms with van der Waals surface area (Å²) in [6.07, 6.45) is 2.93. The first-order valence-corrected chi connectivity index (χ1v) is 13.2. The van der Waals surface area contributed by atoms with E-state index in [9.17, 15) is 0 Å². The molecular formula is C28H28IN3O. The van der Waals surface area contributed by atoms with Crippen molar-refractivity contribution in [3.63, 3.8) is 0 Å². The minimum Gasteiger partial charge on any atom is -0.489 e. The number of hydrogen-bond acceptors (Lipinski definition) is 4. The molecule has 33 heavy (non-hydrogen) atoms. The monoisotopic (exact) mass is 549 g/mol. The molecular weight excluding hydrogens is 521 g/mol. The molecule has 0 saturated carbocycles. The van der Waals surface area contributed by atoms with Crippen molar-refractivity contribution >= 4 is 34.0 Å². The summed E-state index contributed by atoms with van der Waals surface area (Å²) in [4.78, 5) is 7.56. The largest absolute Gasteiger partial charge is 0.489 e. The minimum absolute atomic E-state index is 0.357. The molecule has 168 valence electrons. The number of benzene rings is 3. The van der Waals surface area contributed by atoms with E-state index in [2.05, 4.69) is 98.0 Å². The van der Waals surface area contributed by atoms with Gasteiger partial charge < -0.3 is 14.5 Å². The van der Waals surface area contributed by atoms with Crippen LogP contribution in [0.15, 0.2) is 60.7 Å². The summed E-state index contributed by atoms with van der Waals surface area (Å²) in [5.74, 6) is 1.74. The zero-order valence-corrected chi connectivity index (χ0v) is 20.9. The highest BCUT2D eigenvalue weighted by Crippen LogP contribution is 2.40. The van der Waals surface area contributed by atoms with E-state index in [1.165, 1.54) is 63.1 Å². The second kappa shape index (κ2) is 7.91. The van der Waals surface area contributed by atoms with Gasteiger partial charge in [0.25, 0.3) is 0 Å². The summed E-state index contributed by atoms with van der Waals surface area (Å²) in [6.45, 7) is 6.52. The second-order valence-electron chi connectivity index (χ2n) is 9.97. The zero-order chi connectivity index (χ0) is 21.9. The summed E-state index contributed by atoms with van der Waals surface area (Å²) < 4.78 is 7.72. The number of ether oxygens (including phenoxy) is 1. The molecule has 4 bridgehead atoms.